The van der Waals surface area contributed by atoms with Crippen molar-refractivity contribution >= 4 is 52.1 Å². The van der Waals surface area contributed by atoms with E-state index in [2.05, 4.69) is 146 Å². The fraction of sp³-hybridized carbons (Fsp3) is 0.381. The molecule has 0 amide bonds. The van der Waals surface area contributed by atoms with Gasteiger partial charge in [0.15, 0.2) is 22.2 Å². The standard InChI is InChI=1S/C42H50N3O2Si/c1-24(2)29-19-27(23-48(10,11)12)20-30(25(3)4)38(29)45-34-16-14-13-15-33(34)44(9)40(45)37-26(5)17-18-28-31-21-36-32(22-35(31)46-39(28)37)43-41(47-36)42(6,7)8/h13-22,24-25H,23H2,1-12H3/q+1/i23D2. The van der Waals surface area contributed by atoms with E-state index in [1.54, 1.807) is 0 Å². The molecule has 7 rings (SSSR count). The Hall–Kier alpha value is -4.16. The van der Waals surface area contributed by atoms with Gasteiger partial charge in [-0.3, -0.25) is 0 Å². The Bertz CT molecular complexity index is 2440. The van der Waals surface area contributed by atoms with Gasteiger partial charge in [0.25, 0.3) is 5.82 Å². The van der Waals surface area contributed by atoms with Crippen molar-refractivity contribution in [2.45, 2.75) is 98.3 Å². The fourth-order valence-corrected chi connectivity index (χ4v) is 8.11. The van der Waals surface area contributed by atoms with Crippen LogP contribution in [0.1, 0.15) is 91.2 Å². The van der Waals surface area contributed by atoms with Gasteiger partial charge in [-0.15, -0.1) is 0 Å². The van der Waals surface area contributed by atoms with E-state index in [4.69, 9.17) is 13.8 Å². The third kappa shape index (κ3) is 5.29. The predicted molar refractivity (Wildman–Crippen MR) is 203 cm³/mol. The first-order valence-corrected chi connectivity index (χ1v) is 20.8. The lowest BCUT2D eigenvalue weighted by atomic mass is 9.90. The molecule has 4 aromatic carbocycles. The van der Waals surface area contributed by atoms with Crippen molar-refractivity contribution in [1.82, 2.24) is 9.55 Å². The first kappa shape index (κ1) is 29.9. The van der Waals surface area contributed by atoms with Crippen molar-refractivity contribution < 1.29 is 16.1 Å². The molecular weight excluding hydrogens is 607 g/mol. The summed E-state index contributed by atoms with van der Waals surface area (Å²) >= 11 is 0. The quantitative estimate of drug-likeness (QED) is 0.132. The number of para-hydroxylation sites is 2. The highest BCUT2D eigenvalue weighted by molar-refractivity contribution is 6.75. The first-order valence-electron chi connectivity index (χ1n) is 18.3. The van der Waals surface area contributed by atoms with Crippen molar-refractivity contribution in [2.24, 2.45) is 7.05 Å². The molecule has 6 heteroatoms. The Kier molecular flexibility index (Phi) is 6.98. The average molecular weight is 659 g/mol. The molecule has 0 aliphatic rings. The number of fused-ring (bicyclic) bond motifs is 5. The molecule has 0 aliphatic carbocycles. The molecule has 3 heterocycles. The van der Waals surface area contributed by atoms with Crippen molar-refractivity contribution in [3.63, 3.8) is 0 Å². The van der Waals surface area contributed by atoms with Gasteiger partial charge < -0.3 is 8.83 Å². The lowest BCUT2D eigenvalue weighted by Gasteiger charge is -2.23. The highest BCUT2D eigenvalue weighted by Gasteiger charge is 2.34. The summed E-state index contributed by atoms with van der Waals surface area (Å²) in [6.45, 7) is 23.7. The first-order chi connectivity index (χ1) is 23.3. The Morgan fingerprint density at radius 1 is 0.875 bits per heavy atom. The molecule has 0 N–H and O–H groups in total. The van der Waals surface area contributed by atoms with Gasteiger partial charge in [0.05, 0.1) is 7.05 Å². The Balaban J connectivity index is 1.60. The molecule has 0 bridgehead atoms. The second-order valence-electron chi connectivity index (χ2n) is 16.2. The average Bonchev–Trinajstić information content (AvgIpc) is 3.70. The van der Waals surface area contributed by atoms with E-state index in [1.165, 1.54) is 0 Å². The molecule has 0 atom stereocenters. The maximum absolute atomic E-state index is 9.33. The van der Waals surface area contributed by atoms with Gasteiger partial charge in [-0.1, -0.05) is 105 Å². The zero-order valence-electron chi connectivity index (χ0n) is 32.6. The molecule has 0 saturated carbocycles. The van der Waals surface area contributed by atoms with Crippen LogP contribution in [0, 0.1) is 6.92 Å². The second-order valence-corrected chi connectivity index (χ2v) is 21.0. The van der Waals surface area contributed by atoms with E-state index in [-0.39, 0.29) is 17.3 Å². The molecule has 3 aromatic heterocycles. The van der Waals surface area contributed by atoms with Crippen LogP contribution in [-0.4, -0.2) is 17.6 Å². The van der Waals surface area contributed by atoms with Crippen LogP contribution in [0.5, 0.6) is 0 Å². The summed E-state index contributed by atoms with van der Waals surface area (Å²) in [5, 5.41) is 2.03. The Morgan fingerprint density at radius 3 is 2.17 bits per heavy atom. The maximum atomic E-state index is 9.33. The maximum Gasteiger partial charge on any atom is 0.299 e. The molecule has 0 aliphatic heterocycles. The minimum Gasteiger partial charge on any atom is -0.455 e. The summed E-state index contributed by atoms with van der Waals surface area (Å²) in [6, 6.07) is 21.3. The van der Waals surface area contributed by atoms with Crippen molar-refractivity contribution in [2.75, 3.05) is 0 Å². The minimum atomic E-state index is -2.22. The molecule has 0 radical (unpaired) electrons. The topological polar surface area (TPSA) is 48.0 Å². The minimum absolute atomic E-state index is 0.156. The van der Waals surface area contributed by atoms with Crippen LogP contribution in [0.15, 0.2) is 69.5 Å². The molecule has 5 nitrogen and oxygen atoms in total. The molecule has 48 heavy (non-hydrogen) atoms. The van der Waals surface area contributed by atoms with Crippen molar-refractivity contribution in [3.8, 4) is 17.1 Å². The SMILES string of the molecule is [2H]C([2H])(c1cc(C(C)C)c(-n2c(-c3c(C)ccc4c3oc3cc5nc(C(C)(C)C)oc5cc34)[n+](C)c3ccccc32)c(C(C)C)c1)[Si](C)(C)C. The summed E-state index contributed by atoms with van der Waals surface area (Å²) in [7, 11) is -0.0810. The molecular formula is C42H50N3O2Si+. The predicted octanol–water partition coefficient (Wildman–Crippen LogP) is 11.4. The molecule has 0 unspecified atom stereocenters. The van der Waals surface area contributed by atoms with Crippen LogP contribution in [0.4, 0.5) is 0 Å². The number of benzene rings is 4. The van der Waals surface area contributed by atoms with Crippen molar-refractivity contribution in [1.29, 1.82) is 0 Å². The second kappa shape index (κ2) is 11.2. The van der Waals surface area contributed by atoms with Crippen LogP contribution in [-0.2, 0) is 18.5 Å². The van der Waals surface area contributed by atoms with Gasteiger partial charge in [0.1, 0.15) is 22.4 Å². The lowest BCUT2D eigenvalue weighted by molar-refractivity contribution is -0.633. The number of aromatic nitrogens is 3. The molecule has 7 aromatic rings. The van der Waals surface area contributed by atoms with Gasteiger partial charge in [-0.05, 0) is 54.1 Å². The zero-order chi connectivity index (χ0) is 36.2. The number of rotatable bonds is 6. The zero-order valence-corrected chi connectivity index (χ0v) is 31.6. The van der Waals surface area contributed by atoms with Crippen LogP contribution < -0.4 is 4.57 Å². The summed E-state index contributed by atoms with van der Waals surface area (Å²) in [5.74, 6) is 0.660. The van der Waals surface area contributed by atoms with Gasteiger partial charge in [-0.25, -0.2) is 9.55 Å². The van der Waals surface area contributed by atoms with E-state index >= 15 is 0 Å². The number of hydrogen-bond acceptors (Lipinski definition) is 3. The normalized spacial score (nSPS) is 14.0. The molecule has 0 saturated heterocycles. The van der Waals surface area contributed by atoms with Crippen LogP contribution >= 0.6 is 0 Å². The Morgan fingerprint density at radius 2 is 1.54 bits per heavy atom. The third-order valence-electron chi connectivity index (χ3n) is 9.39. The molecule has 0 fully saturated rings. The number of aryl methyl sites for hydroxylation is 2. The fourth-order valence-electron chi connectivity index (χ4n) is 7.10. The number of nitrogens with zero attached hydrogens (tertiary/aromatic N) is 3. The monoisotopic (exact) mass is 658 g/mol. The van der Waals surface area contributed by atoms with Crippen molar-refractivity contribution in [3.05, 3.63) is 88.8 Å². The number of furan rings is 1. The van der Waals surface area contributed by atoms with E-state index in [0.717, 1.165) is 83.4 Å². The van der Waals surface area contributed by atoms with Crippen LogP contribution in [0.25, 0.3) is 61.1 Å². The van der Waals surface area contributed by atoms with Gasteiger partial charge in [0, 0.05) is 44.2 Å². The largest absolute Gasteiger partial charge is 0.455 e. The van der Waals surface area contributed by atoms with E-state index in [1.807, 2.05) is 6.07 Å². The van der Waals surface area contributed by atoms with Crippen LogP contribution in [0.3, 0.4) is 0 Å². The molecule has 248 valence electrons. The summed E-state index contributed by atoms with van der Waals surface area (Å²) in [5.41, 5.74) is 11.5. The summed E-state index contributed by atoms with van der Waals surface area (Å²) < 4.78 is 36.5. The highest BCUT2D eigenvalue weighted by Crippen LogP contribution is 2.43. The lowest BCUT2D eigenvalue weighted by Crippen LogP contribution is -2.30. The summed E-state index contributed by atoms with van der Waals surface area (Å²) in [6.07, 6.45) is 0. The third-order valence-corrected chi connectivity index (χ3v) is 10.4. The highest BCUT2D eigenvalue weighted by atomic mass is 28.3. The number of imidazole rings is 1. The van der Waals surface area contributed by atoms with Gasteiger partial charge >= 0.3 is 0 Å². The number of oxazole rings is 1. The van der Waals surface area contributed by atoms with Gasteiger partial charge in [0.2, 0.25) is 5.89 Å². The van der Waals surface area contributed by atoms with E-state index < -0.39 is 14.1 Å². The van der Waals surface area contributed by atoms with E-state index in [9.17, 15) is 2.74 Å². The number of hydrogen-bond donors (Lipinski definition) is 0. The smallest absolute Gasteiger partial charge is 0.299 e. The summed E-state index contributed by atoms with van der Waals surface area (Å²) in [4.78, 5) is 4.83. The molecule has 0 spiro atoms. The van der Waals surface area contributed by atoms with Crippen LogP contribution in [0.2, 0.25) is 19.6 Å². The Labute approximate surface area is 288 Å². The van der Waals surface area contributed by atoms with E-state index in [0.29, 0.717) is 5.89 Å². The van der Waals surface area contributed by atoms with Gasteiger partial charge in [-0.2, -0.15) is 4.57 Å².